The van der Waals surface area contributed by atoms with Crippen molar-refractivity contribution in [3.63, 3.8) is 0 Å². The topological polar surface area (TPSA) is 86.3 Å². The summed E-state index contributed by atoms with van der Waals surface area (Å²) in [5, 5.41) is 3.12. The van der Waals surface area contributed by atoms with Crippen molar-refractivity contribution in [1.82, 2.24) is 0 Å². The van der Waals surface area contributed by atoms with Gasteiger partial charge in [-0.2, -0.15) is 0 Å². The SMILES string of the molecule is COc1ccc(C2=C(Nc3ccc(OC)c(OC)c3)C(=O)N(c3ccc(OC)cc3)C2=O)cc1. The molecule has 1 N–H and O–H groups in total. The molecule has 0 aromatic heterocycles. The quantitative estimate of drug-likeness (QED) is 0.506. The highest BCUT2D eigenvalue weighted by atomic mass is 16.5. The van der Waals surface area contributed by atoms with Crippen LogP contribution in [0.5, 0.6) is 23.0 Å². The number of benzene rings is 3. The van der Waals surface area contributed by atoms with Crippen LogP contribution in [0.2, 0.25) is 0 Å². The van der Waals surface area contributed by atoms with Crippen LogP contribution >= 0.6 is 0 Å². The van der Waals surface area contributed by atoms with E-state index in [1.165, 1.54) is 7.11 Å². The monoisotopic (exact) mass is 460 g/mol. The Bertz CT molecular complexity index is 1250. The van der Waals surface area contributed by atoms with E-state index in [0.29, 0.717) is 39.9 Å². The number of anilines is 2. The fourth-order valence-corrected chi connectivity index (χ4v) is 3.70. The fourth-order valence-electron chi connectivity index (χ4n) is 3.70. The summed E-state index contributed by atoms with van der Waals surface area (Å²) in [5.74, 6) is 1.38. The number of methoxy groups -OCH3 is 4. The first-order valence-corrected chi connectivity index (χ1v) is 10.4. The summed E-state index contributed by atoms with van der Waals surface area (Å²) in [5.41, 5.74) is 1.98. The maximum absolute atomic E-state index is 13.5. The Morgan fingerprint density at radius 2 is 1.24 bits per heavy atom. The van der Waals surface area contributed by atoms with Crippen molar-refractivity contribution in [2.24, 2.45) is 0 Å². The van der Waals surface area contributed by atoms with Gasteiger partial charge in [0.25, 0.3) is 11.8 Å². The van der Waals surface area contributed by atoms with E-state index in [1.807, 2.05) is 0 Å². The maximum atomic E-state index is 13.5. The highest BCUT2D eigenvalue weighted by Crippen LogP contribution is 2.36. The van der Waals surface area contributed by atoms with Crippen LogP contribution in [0.15, 0.2) is 72.4 Å². The van der Waals surface area contributed by atoms with Crippen LogP contribution in [0.25, 0.3) is 5.57 Å². The lowest BCUT2D eigenvalue weighted by Crippen LogP contribution is -2.32. The molecule has 0 atom stereocenters. The summed E-state index contributed by atoms with van der Waals surface area (Å²) in [6.07, 6.45) is 0. The van der Waals surface area contributed by atoms with Crippen molar-refractivity contribution in [2.45, 2.75) is 0 Å². The predicted molar refractivity (Wildman–Crippen MR) is 129 cm³/mol. The van der Waals surface area contributed by atoms with Gasteiger partial charge >= 0.3 is 0 Å². The van der Waals surface area contributed by atoms with Crippen molar-refractivity contribution in [3.05, 3.63) is 78.0 Å². The fraction of sp³-hybridized carbons (Fsp3) is 0.154. The van der Waals surface area contributed by atoms with Crippen LogP contribution in [0.1, 0.15) is 5.56 Å². The predicted octanol–water partition coefficient (Wildman–Crippen LogP) is 4.12. The lowest BCUT2D eigenvalue weighted by atomic mass is 10.0. The Hall–Kier alpha value is -4.46. The summed E-state index contributed by atoms with van der Waals surface area (Å²) in [4.78, 5) is 28.2. The normalized spacial score (nSPS) is 13.2. The molecule has 0 radical (unpaired) electrons. The number of ether oxygens (including phenoxy) is 4. The first kappa shape index (κ1) is 22.7. The minimum atomic E-state index is -0.476. The Morgan fingerprint density at radius 3 is 1.79 bits per heavy atom. The summed E-state index contributed by atoms with van der Waals surface area (Å²) in [6, 6.07) is 18.9. The zero-order valence-electron chi connectivity index (χ0n) is 19.2. The van der Waals surface area contributed by atoms with E-state index >= 15 is 0 Å². The first-order chi connectivity index (χ1) is 16.5. The van der Waals surface area contributed by atoms with Gasteiger partial charge in [0.15, 0.2) is 11.5 Å². The van der Waals surface area contributed by atoms with Gasteiger partial charge in [-0.15, -0.1) is 0 Å². The summed E-state index contributed by atoms with van der Waals surface area (Å²) < 4.78 is 21.1. The third-order valence-electron chi connectivity index (χ3n) is 5.45. The van der Waals surface area contributed by atoms with Crippen LogP contribution in [-0.2, 0) is 9.59 Å². The zero-order chi connectivity index (χ0) is 24.2. The number of carbonyl (C=O) groups is 2. The van der Waals surface area contributed by atoms with Gasteiger partial charge in [-0.3, -0.25) is 9.59 Å². The maximum Gasteiger partial charge on any atom is 0.282 e. The number of nitrogens with zero attached hydrogens (tertiary/aromatic N) is 1. The van der Waals surface area contributed by atoms with Gasteiger partial charge in [0, 0.05) is 11.8 Å². The number of rotatable bonds is 8. The number of carbonyl (C=O) groups excluding carboxylic acids is 2. The molecule has 0 saturated carbocycles. The average molecular weight is 460 g/mol. The van der Waals surface area contributed by atoms with E-state index in [4.69, 9.17) is 18.9 Å². The minimum absolute atomic E-state index is 0.151. The highest BCUT2D eigenvalue weighted by Gasteiger charge is 2.40. The summed E-state index contributed by atoms with van der Waals surface area (Å²) >= 11 is 0. The van der Waals surface area contributed by atoms with Crippen LogP contribution in [-0.4, -0.2) is 40.3 Å². The summed E-state index contributed by atoms with van der Waals surface area (Å²) in [7, 11) is 6.18. The van der Waals surface area contributed by atoms with E-state index in [-0.39, 0.29) is 11.3 Å². The van der Waals surface area contributed by atoms with E-state index < -0.39 is 11.8 Å². The standard InChI is InChI=1S/C26H24N2O6/c1-31-19-10-5-16(6-11-19)23-24(27-17-7-14-21(33-3)22(15-17)34-4)26(30)28(25(23)29)18-8-12-20(32-2)13-9-18/h5-15,27H,1-4H3. The van der Waals surface area contributed by atoms with Gasteiger partial charge in [0.1, 0.15) is 17.2 Å². The van der Waals surface area contributed by atoms with Crippen LogP contribution in [0.4, 0.5) is 11.4 Å². The molecule has 1 aliphatic rings. The van der Waals surface area contributed by atoms with E-state index in [1.54, 1.807) is 88.1 Å². The number of hydrogen-bond acceptors (Lipinski definition) is 7. The van der Waals surface area contributed by atoms with Crippen molar-refractivity contribution in [3.8, 4) is 23.0 Å². The smallest absolute Gasteiger partial charge is 0.282 e. The van der Waals surface area contributed by atoms with Crippen molar-refractivity contribution >= 4 is 28.8 Å². The van der Waals surface area contributed by atoms with Crippen molar-refractivity contribution in [1.29, 1.82) is 0 Å². The molecule has 8 heteroatoms. The second-order valence-corrected chi connectivity index (χ2v) is 7.32. The Balaban J connectivity index is 1.79. The number of hydrogen-bond donors (Lipinski definition) is 1. The Morgan fingerprint density at radius 1 is 0.647 bits per heavy atom. The Labute approximate surface area is 197 Å². The molecule has 1 heterocycles. The molecule has 0 saturated heterocycles. The lowest BCUT2D eigenvalue weighted by molar-refractivity contribution is -0.120. The number of nitrogens with one attached hydrogen (secondary N) is 1. The molecule has 0 spiro atoms. The second-order valence-electron chi connectivity index (χ2n) is 7.32. The average Bonchev–Trinajstić information content (AvgIpc) is 3.12. The first-order valence-electron chi connectivity index (χ1n) is 10.4. The van der Waals surface area contributed by atoms with E-state index in [9.17, 15) is 9.59 Å². The van der Waals surface area contributed by atoms with Crippen LogP contribution in [0, 0.1) is 0 Å². The number of imide groups is 1. The number of amides is 2. The largest absolute Gasteiger partial charge is 0.497 e. The van der Waals surface area contributed by atoms with Gasteiger partial charge in [0.2, 0.25) is 0 Å². The zero-order valence-corrected chi connectivity index (χ0v) is 19.2. The molecule has 4 rings (SSSR count). The van der Waals surface area contributed by atoms with E-state index in [0.717, 1.165) is 4.90 Å². The molecule has 0 aliphatic carbocycles. The molecule has 0 fully saturated rings. The molecular formula is C26H24N2O6. The molecule has 174 valence electrons. The molecule has 3 aromatic carbocycles. The van der Waals surface area contributed by atoms with Gasteiger partial charge < -0.3 is 24.3 Å². The van der Waals surface area contributed by atoms with Crippen molar-refractivity contribution in [2.75, 3.05) is 38.7 Å². The minimum Gasteiger partial charge on any atom is -0.497 e. The molecule has 2 amide bonds. The molecular weight excluding hydrogens is 436 g/mol. The third-order valence-corrected chi connectivity index (χ3v) is 5.45. The molecule has 34 heavy (non-hydrogen) atoms. The Kier molecular flexibility index (Phi) is 6.40. The van der Waals surface area contributed by atoms with Crippen LogP contribution in [0.3, 0.4) is 0 Å². The molecule has 1 aliphatic heterocycles. The second kappa shape index (κ2) is 9.58. The van der Waals surface area contributed by atoms with Gasteiger partial charge in [0.05, 0.1) is 39.7 Å². The van der Waals surface area contributed by atoms with E-state index in [2.05, 4.69) is 5.32 Å². The highest BCUT2D eigenvalue weighted by molar-refractivity contribution is 6.46. The van der Waals surface area contributed by atoms with Crippen LogP contribution < -0.4 is 29.2 Å². The van der Waals surface area contributed by atoms with Crippen molar-refractivity contribution < 1.29 is 28.5 Å². The molecule has 3 aromatic rings. The molecule has 8 nitrogen and oxygen atoms in total. The molecule has 0 unspecified atom stereocenters. The van der Waals surface area contributed by atoms with Gasteiger partial charge in [-0.05, 0) is 54.1 Å². The lowest BCUT2D eigenvalue weighted by Gasteiger charge is -2.16. The van der Waals surface area contributed by atoms with Gasteiger partial charge in [-0.25, -0.2) is 4.90 Å². The molecule has 0 bridgehead atoms. The summed E-state index contributed by atoms with van der Waals surface area (Å²) in [6.45, 7) is 0. The van der Waals surface area contributed by atoms with Gasteiger partial charge in [-0.1, -0.05) is 12.1 Å². The third kappa shape index (κ3) is 4.13.